The summed E-state index contributed by atoms with van der Waals surface area (Å²) in [6.45, 7) is 7.87. The fourth-order valence-corrected chi connectivity index (χ4v) is 1.98. The van der Waals surface area contributed by atoms with Crippen LogP contribution in [0.1, 0.15) is 53.4 Å². The molecule has 0 bridgehead atoms. The molecule has 1 rings (SSSR count). The summed E-state index contributed by atoms with van der Waals surface area (Å²) in [6, 6.07) is 0.0933. The first-order valence-corrected chi connectivity index (χ1v) is 7.18. The standard InChI is InChI=1S/C12H24N2O2.C2H6/c1-8(2)11(13)12(15)16-10-6-4-9(14-3)5-7-10;1-2/h8-11,14H,4-7,13H2,1-3H3;1-2H3. The van der Waals surface area contributed by atoms with Crippen LogP contribution in [0.15, 0.2) is 0 Å². The molecule has 1 saturated carbocycles. The summed E-state index contributed by atoms with van der Waals surface area (Å²) < 4.78 is 5.42. The SMILES string of the molecule is CC.CNC1CCC(OC(=O)C(N)C(C)C)CC1. The monoisotopic (exact) mass is 258 g/mol. The molecule has 0 aromatic carbocycles. The Balaban J connectivity index is 0.00000137. The van der Waals surface area contributed by atoms with Gasteiger partial charge in [-0.25, -0.2) is 0 Å². The van der Waals surface area contributed by atoms with Crippen LogP contribution >= 0.6 is 0 Å². The maximum Gasteiger partial charge on any atom is 0.323 e. The molecule has 0 aliphatic heterocycles. The molecule has 0 aromatic heterocycles. The highest BCUT2D eigenvalue weighted by Crippen LogP contribution is 2.21. The van der Waals surface area contributed by atoms with Crippen LogP contribution in [0.25, 0.3) is 0 Å². The van der Waals surface area contributed by atoms with E-state index in [1.165, 1.54) is 0 Å². The molecule has 1 atom stereocenters. The van der Waals surface area contributed by atoms with Gasteiger partial charge in [0.1, 0.15) is 12.1 Å². The highest BCUT2D eigenvalue weighted by atomic mass is 16.5. The highest BCUT2D eigenvalue weighted by molar-refractivity contribution is 5.75. The lowest BCUT2D eigenvalue weighted by atomic mass is 9.93. The molecule has 1 aliphatic rings. The lowest BCUT2D eigenvalue weighted by molar-refractivity contribution is -0.153. The zero-order chi connectivity index (χ0) is 14.1. The zero-order valence-corrected chi connectivity index (χ0v) is 12.5. The third kappa shape index (κ3) is 5.83. The third-order valence-corrected chi connectivity index (χ3v) is 3.36. The van der Waals surface area contributed by atoms with Crippen molar-refractivity contribution in [3.8, 4) is 0 Å². The molecule has 1 fully saturated rings. The van der Waals surface area contributed by atoms with Gasteiger partial charge in [0.15, 0.2) is 0 Å². The van der Waals surface area contributed by atoms with E-state index < -0.39 is 6.04 Å². The predicted molar refractivity (Wildman–Crippen MR) is 75.4 cm³/mol. The Bertz CT molecular complexity index is 224. The Kier molecular flexibility index (Phi) is 9.02. The van der Waals surface area contributed by atoms with Gasteiger partial charge in [-0.05, 0) is 38.6 Å². The average Bonchev–Trinajstić information content (AvgIpc) is 2.40. The van der Waals surface area contributed by atoms with Gasteiger partial charge < -0.3 is 15.8 Å². The zero-order valence-electron chi connectivity index (χ0n) is 12.5. The summed E-state index contributed by atoms with van der Waals surface area (Å²) in [6.07, 6.45) is 4.11. The van der Waals surface area contributed by atoms with Crippen LogP contribution in [0, 0.1) is 5.92 Å². The number of carbonyl (C=O) groups excluding carboxylic acids is 1. The van der Waals surface area contributed by atoms with E-state index in [1.807, 2.05) is 34.7 Å². The van der Waals surface area contributed by atoms with Crippen molar-refractivity contribution in [3.05, 3.63) is 0 Å². The number of nitrogens with one attached hydrogen (secondary N) is 1. The number of rotatable bonds is 4. The largest absolute Gasteiger partial charge is 0.461 e. The van der Waals surface area contributed by atoms with Gasteiger partial charge >= 0.3 is 5.97 Å². The van der Waals surface area contributed by atoms with E-state index in [-0.39, 0.29) is 18.0 Å². The maximum absolute atomic E-state index is 11.6. The number of ether oxygens (including phenoxy) is 1. The van der Waals surface area contributed by atoms with Crippen LogP contribution in [-0.2, 0) is 9.53 Å². The van der Waals surface area contributed by atoms with Crippen LogP contribution in [0.5, 0.6) is 0 Å². The Hall–Kier alpha value is -0.610. The molecule has 0 radical (unpaired) electrons. The fraction of sp³-hybridized carbons (Fsp3) is 0.929. The second kappa shape index (κ2) is 9.34. The number of esters is 1. The normalized spacial score (nSPS) is 25.1. The van der Waals surface area contributed by atoms with Crippen molar-refractivity contribution in [1.82, 2.24) is 5.32 Å². The first kappa shape index (κ1) is 17.4. The molecule has 4 nitrogen and oxygen atoms in total. The van der Waals surface area contributed by atoms with Crippen LogP contribution < -0.4 is 11.1 Å². The van der Waals surface area contributed by atoms with Crippen molar-refractivity contribution in [3.63, 3.8) is 0 Å². The van der Waals surface area contributed by atoms with Gasteiger partial charge in [-0.3, -0.25) is 4.79 Å². The van der Waals surface area contributed by atoms with Crippen LogP contribution in [0.4, 0.5) is 0 Å². The summed E-state index contributed by atoms with van der Waals surface area (Å²) in [4.78, 5) is 11.6. The number of hydrogen-bond donors (Lipinski definition) is 2. The van der Waals surface area contributed by atoms with Gasteiger partial charge in [0.2, 0.25) is 0 Å². The Morgan fingerprint density at radius 2 is 1.72 bits per heavy atom. The molecule has 0 amide bonds. The van der Waals surface area contributed by atoms with Gasteiger partial charge in [-0.15, -0.1) is 0 Å². The van der Waals surface area contributed by atoms with Gasteiger partial charge in [0.05, 0.1) is 0 Å². The molecule has 18 heavy (non-hydrogen) atoms. The molecule has 1 unspecified atom stereocenters. The molecule has 0 saturated heterocycles. The number of nitrogens with two attached hydrogens (primary N) is 1. The molecule has 108 valence electrons. The van der Waals surface area contributed by atoms with E-state index in [2.05, 4.69) is 5.32 Å². The van der Waals surface area contributed by atoms with Gasteiger partial charge in [-0.1, -0.05) is 27.7 Å². The average molecular weight is 258 g/mol. The Labute approximate surface area is 112 Å². The Morgan fingerprint density at radius 3 is 2.11 bits per heavy atom. The fourth-order valence-electron chi connectivity index (χ4n) is 1.98. The predicted octanol–water partition coefficient (Wildman–Crippen LogP) is 2.07. The first-order chi connectivity index (χ1) is 8.54. The topological polar surface area (TPSA) is 64.3 Å². The van der Waals surface area contributed by atoms with Crippen molar-refractivity contribution in [1.29, 1.82) is 0 Å². The second-order valence-corrected chi connectivity index (χ2v) is 4.97. The molecule has 4 heteroatoms. The lowest BCUT2D eigenvalue weighted by Crippen LogP contribution is -2.41. The van der Waals surface area contributed by atoms with E-state index in [0.29, 0.717) is 6.04 Å². The molecule has 1 aliphatic carbocycles. The van der Waals surface area contributed by atoms with Crippen LogP contribution in [0.2, 0.25) is 0 Å². The van der Waals surface area contributed by atoms with Crippen LogP contribution in [0.3, 0.4) is 0 Å². The van der Waals surface area contributed by atoms with E-state index in [0.717, 1.165) is 25.7 Å². The lowest BCUT2D eigenvalue weighted by Gasteiger charge is -2.29. The number of hydrogen-bond acceptors (Lipinski definition) is 4. The molecule has 0 aromatic rings. The highest BCUT2D eigenvalue weighted by Gasteiger charge is 2.26. The van der Waals surface area contributed by atoms with Crippen molar-refractivity contribution in [2.24, 2.45) is 11.7 Å². The molecule has 0 spiro atoms. The summed E-state index contributed by atoms with van der Waals surface area (Å²) in [5.41, 5.74) is 5.74. The van der Waals surface area contributed by atoms with Crippen molar-refractivity contribution < 1.29 is 9.53 Å². The summed E-state index contributed by atoms with van der Waals surface area (Å²) in [5, 5.41) is 3.25. The second-order valence-electron chi connectivity index (χ2n) is 4.97. The van der Waals surface area contributed by atoms with Gasteiger partial charge in [0, 0.05) is 6.04 Å². The third-order valence-electron chi connectivity index (χ3n) is 3.36. The molecule has 3 N–H and O–H groups in total. The Morgan fingerprint density at radius 1 is 1.22 bits per heavy atom. The summed E-state index contributed by atoms with van der Waals surface area (Å²) in [5.74, 6) is -0.107. The minimum absolute atomic E-state index is 0.0712. The summed E-state index contributed by atoms with van der Waals surface area (Å²) >= 11 is 0. The smallest absolute Gasteiger partial charge is 0.323 e. The summed E-state index contributed by atoms with van der Waals surface area (Å²) in [7, 11) is 1.98. The number of carbonyl (C=O) groups is 1. The van der Waals surface area contributed by atoms with Gasteiger partial charge in [0.25, 0.3) is 0 Å². The molecular formula is C14H30N2O2. The molecule has 0 heterocycles. The minimum Gasteiger partial charge on any atom is -0.461 e. The van der Waals surface area contributed by atoms with Crippen molar-refractivity contribution in [2.45, 2.75) is 71.6 Å². The van der Waals surface area contributed by atoms with E-state index in [4.69, 9.17) is 10.5 Å². The quantitative estimate of drug-likeness (QED) is 0.758. The van der Waals surface area contributed by atoms with Gasteiger partial charge in [-0.2, -0.15) is 0 Å². The first-order valence-electron chi connectivity index (χ1n) is 7.18. The van der Waals surface area contributed by atoms with Crippen LogP contribution in [-0.4, -0.2) is 31.2 Å². The minimum atomic E-state index is -0.484. The molecular weight excluding hydrogens is 228 g/mol. The van der Waals surface area contributed by atoms with E-state index >= 15 is 0 Å². The van der Waals surface area contributed by atoms with Crippen molar-refractivity contribution >= 4 is 5.97 Å². The van der Waals surface area contributed by atoms with E-state index in [9.17, 15) is 4.79 Å². The van der Waals surface area contributed by atoms with E-state index in [1.54, 1.807) is 0 Å². The maximum atomic E-state index is 11.6. The van der Waals surface area contributed by atoms with Crippen molar-refractivity contribution in [2.75, 3.05) is 7.05 Å².